The average Bonchev–Trinajstić information content (AvgIpc) is 2.61. The highest BCUT2D eigenvalue weighted by Gasteiger charge is 2.50. The molecule has 0 radical (unpaired) electrons. The normalized spacial score (nSPS) is 35.1. The van der Waals surface area contributed by atoms with Gasteiger partial charge in [-0.15, -0.1) is 0 Å². The van der Waals surface area contributed by atoms with E-state index >= 15 is 0 Å². The maximum absolute atomic E-state index is 14.8. The predicted octanol–water partition coefficient (Wildman–Crippen LogP) is 0.117. The number of aliphatic hydroxyl groups is 2. The number of alkyl halides is 1. The van der Waals surface area contributed by atoms with Gasteiger partial charge in [0.2, 0.25) is 5.85 Å². The molecule has 0 spiro atoms. The molecule has 1 aliphatic rings. The van der Waals surface area contributed by atoms with Crippen LogP contribution >= 0.6 is 7.60 Å². The molecule has 0 bridgehead atoms. The predicted molar refractivity (Wildman–Crippen MR) is 80.0 cm³/mol. The van der Waals surface area contributed by atoms with Crippen LogP contribution in [0.1, 0.15) is 33.6 Å². The first-order valence-electron chi connectivity index (χ1n) is 7.18. The zero-order valence-electron chi connectivity index (χ0n) is 13.5. The summed E-state index contributed by atoms with van der Waals surface area (Å²) in [6.07, 6.45) is -3.32. The second kappa shape index (κ2) is 6.85. The lowest BCUT2D eigenvalue weighted by Gasteiger charge is -2.33. The van der Waals surface area contributed by atoms with Crippen molar-refractivity contribution in [1.82, 2.24) is 0 Å². The zero-order chi connectivity index (χ0) is 17.3. The van der Waals surface area contributed by atoms with Gasteiger partial charge in [-0.05, 0) is 13.8 Å². The minimum atomic E-state index is -4.62. The summed E-state index contributed by atoms with van der Waals surface area (Å²) >= 11 is 0. The molecular weight excluding hydrogens is 317 g/mol. The molecule has 22 heavy (non-hydrogen) atoms. The fourth-order valence-corrected chi connectivity index (χ4v) is 3.17. The number of hydrogen-bond donors (Lipinski definition) is 3. The first-order chi connectivity index (χ1) is 9.87. The molecule has 1 aliphatic heterocycles. The molecule has 0 aliphatic carbocycles. The first-order valence-corrected chi connectivity index (χ1v) is 8.76. The van der Waals surface area contributed by atoms with Gasteiger partial charge in [0.1, 0.15) is 20.1 Å². The smallest absolute Gasteiger partial charge is 0.361 e. The average molecular weight is 342 g/mol. The van der Waals surface area contributed by atoms with E-state index in [1.165, 1.54) is 14.0 Å². The Morgan fingerprint density at radius 1 is 1.45 bits per heavy atom. The molecule has 0 saturated carbocycles. The fraction of sp³-hybridized carbons (Fsp3) is 1.00. The van der Waals surface area contributed by atoms with E-state index in [0.29, 0.717) is 0 Å². The molecule has 1 fully saturated rings. The number of ether oxygens (including phenoxy) is 2. The van der Waals surface area contributed by atoms with Gasteiger partial charge >= 0.3 is 7.60 Å². The van der Waals surface area contributed by atoms with Crippen molar-refractivity contribution in [1.29, 1.82) is 0 Å². The van der Waals surface area contributed by atoms with E-state index in [2.05, 4.69) is 0 Å². The van der Waals surface area contributed by atoms with Crippen LogP contribution in [0.2, 0.25) is 0 Å². The summed E-state index contributed by atoms with van der Waals surface area (Å²) in [4.78, 5) is 9.72. The van der Waals surface area contributed by atoms with E-state index in [4.69, 9.17) is 14.0 Å². The Bertz CT molecular complexity index is 432. The summed E-state index contributed by atoms with van der Waals surface area (Å²) in [5, 5.41) is 17.6. The molecule has 7 nitrogen and oxygen atoms in total. The second-order valence-electron chi connectivity index (χ2n) is 6.12. The second-order valence-corrected chi connectivity index (χ2v) is 8.44. The van der Waals surface area contributed by atoms with E-state index in [-0.39, 0.29) is 6.42 Å². The Balaban J connectivity index is 2.86. The minimum absolute atomic E-state index is 0.244. The summed E-state index contributed by atoms with van der Waals surface area (Å²) in [6, 6.07) is -0.443. The highest BCUT2D eigenvalue weighted by molar-refractivity contribution is 7.54. The zero-order valence-corrected chi connectivity index (χ0v) is 14.4. The molecule has 3 unspecified atom stereocenters. The fourth-order valence-electron chi connectivity index (χ4n) is 2.30. The molecule has 130 valence electrons. The number of hydrogen-bond acceptors (Lipinski definition) is 6. The lowest BCUT2D eigenvalue weighted by atomic mass is 9.92. The maximum Gasteiger partial charge on any atom is 0.361 e. The van der Waals surface area contributed by atoms with Crippen molar-refractivity contribution in [2.45, 2.75) is 69.1 Å². The van der Waals surface area contributed by atoms with Crippen molar-refractivity contribution >= 4 is 15.4 Å². The van der Waals surface area contributed by atoms with Gasteiger partial charge in [-0.2, -0.15) is 0 Å². The van der Waals surface area contributed by atoms with Crippen molar-refractivity contribution in [3.63, 3.8) is 0 Å². The van der Waals surface area contributed by atoms with Crippen LogP contribution in [0.25, 0.3) is 0 Å². The summed E-state index contributed by atoms with van der Waals surface area (Å²) in [7, 11) is -1.53. The summed E-state index contributed by atoms with van der Waals surface area (Å²) in [5.41, 5.74) is 0. The number of rotatable bonds is 7. The van der Waals surface area contributed by atoms with Gasteiger partial charge in [0, 0.05) is 20.0 Å². The van der Waals surface area contributed by atoms with Crippen LogP contribution in [-0.4, -0.2) is 65.6 Å². The topological polar surface area (TPSA) is 105 Å². The van der Waals surface area contributed by atoms with E-state index in [1.807, 2.05) is 0 Å². The van der Waals surface area contributed by atoms with Crippen molar-refractivity contribution in [2.75, 3.05) is 7.11 Å². The van der Waals surface area contributed by atoms with Crippen molar-refractivity contribution in [3.05, 3.63) is 0 Å². The summed E-state index contributed by atoms with van der Waals surface area (Å²) < 4.78 is 42.0. The van der Waals surface area contributed by atoms with Gasteiger partial charge in [0.05, 0.1) is 12.1 Å². The van der Waals surface area contributed by atoms with E-state index in [1.54, 1.807) is 7.85 Å². The Kier molecular flexibility index (Phi) is 6.23. The molecular formula is C12H25BFO7P. The SMILES string of the molecule is B[C@@H]1O[C@H](CC(F)(CC)OP(=O)(O)C(C)(C)O)C(O)[C@H]1OC. The standard InChI is InChI=1S/C12H25BFO7P/c1-5-12(14,21-22(17,18)11(2,3)16)6-7-8(15)9(19-4)10(13)20-7/h7-10,15-16H,5-6,13H2,1-4H3,(H,17,18)/t7-,8?,9-,10-,12?/m1/s1. The molecule has 10 heteroatoms. The van der Waals surface area contributed by atoms with Crippen molar-refractivity contribution < 1.29 is 38.1 Å². The van der Waals surface area contributed by atoms with Crippen molar-refractivity contribution in [3.8, 4) is 0 Å². The van der Waals surface area contributed by atoms with Crippen LogP contribution in [0, 0.1) is 0 Å². The molecule has 0 aromatic heterocycles. The van der Waals surface area contributed by atoms with Crippen LogP contribution in [-0.2, 0) is 18.6 Å². The van der Waals surface area contributed by atoms with Gasteiger partial charge in [0.25, 0.3) is 0 Å². The Labute approximate surface area is 130 Å². The highest BCUT2D eigenvalue weighted by Crippen LogP contribution is 2.57. The Morgan fingerprint density at radius 3 is 2.36 bits per heavy atom. The summed E-state index contributed by atoms with van der Waals surface area (Å²) in [5.74, 6) is -2.52. The molecule has 0 aromatic carbocycles. The number of methoxy groups -OCH3 is 1. The summed E-state index contributed by atoms with van der Waals surface area (Å²) in [6.45, 7) is 3.56. The van der Waals surface area contributed by atoms with E-state index in [9.17, 15) is 24.1 Å². The highest BCUT2D eigenvalue weighted by atomic mass is 31.2. The van der Waals surface area contributed by atoms with Gasteiger partial charge < -0.3 is 24.6 Å². The van der Waals surface area contributed by atoms with Crippen LogP contribution in [0.5, 0.6) is 0 Å². The third-order valence-electron chi connectivity index (χ3n) is 3.85. The Morgan fingerprint density at radius 2 is 2.00 bits per heavy atom. The van der Waals surface area contributed by atoms with Crippen LogP contribution in [0.15, 0.2) is 0 Å². The number of halogens is 1. The molecule has 3 N–H and O–H groups in total. The lowest BCUT2D eigenvalue weighted by molar-refractivity contribution is -0.124. The largest absolute Gasteiger partial charge is 0.388 e. The monoisotopic (exact) mass is 342 g/mol. The van der Waals surface area contributed by atoms with Gasteiger partial charge in [-0.3, -0.25) is 9.09 Å². The molecule has 1 rings (SSSR count). The quantitative estimate of drug-likeness (QED) is 0.446. The van der Waals surface area contributed by atoms with Gasteiger partial charge in [-0.25, -0.2) is 4.39 Å². The van der Waals surface area contributed by atoms with Crippen LogP contribution < -0.4 is 0 Å². The van der Waals surface area contributed by atoms with Gasteiger partial charge in [-0.1, -0.05) is 6.92 Å². The Hall–Kier alpha value is -0.0151. The molecule has 0 amide bonds. The molecule has 6 atom stereocenters. The van der Waals surface area contributed by atoms with E-state index in [0.717, 1.165) is 13.8 Å². The van der Waals surface area contributed by atoms with Crippen LogP contribution in [0.3, 0.4) is 0 Å². The van der Waals surface area contributed by atoms with E-state index < -0.39 is 49.5 Å². The third-order valence-corrected chi connectivity index (χ3v) is 5.81. The minimum Gasteiger partial charge on any atom is -0.388 e. The third kappa shape index (κ3) is 4.29. The maximum atomic E-state index is 14.8. The van der Waals surface area contributed by atoms with Crippen LogP contribution in [0.4, 0.5) is 4.39 Å². The molecule has 1 saturated heterocycles. The molecule has 1 heterocycles. The first kappa shape index (κ1) is 20.0. The van der Waals surface area contributed by atoms with Gasteiger partial charge in [0.15, 0.2) is 5.34 Å². The lowest BCUT2D eigenvalue weighted by Crippen LogP contribution is -2.39. The number of aliphatic hydroxyl groups excluding tert-OH is 1. The van der Waals surface area contributed by atoms with Crippen molar-refractivity contribution in [2.24, 2.45) is 0 Å². The molecule has 0 aromatic rings.